The highest BCUT2D eigenvalue weighted by Gasteiger charge is 2.17. The summed E-state index contributed by atoms with van der Waals surface area (Å²) in [6.45, 7) is 0. The van der Waals surface area contributed by atoms with Crippen LogP contribution in [0.5, 0.6) is 0 Å². The van der Waals surface area contributed by atoms with Crippen molar-refractivity contribution >= 4 is 10.8 Å². The van der Waals surface area contributed by atoms with Gasteiger partial charge in [0.1, 0.15) is 0 Å². The van der Waals surface area contributed by atoms with Crippen LogP contribution in [0.3, 0.4) is 0 Å². The van der Waals surface area contributed by atoms with Crippen LogP contribution in [0, 0.1) is 5.92 Å². The van der Waals surface area contributed by atoms with Gasteiger partial charge >= 0.3 is 0 Å². The summed E-state index contributed by atoms with van der Waals surface area (Å²) in [5.74, 6) is 1.27. The summed E-state index contributed by atoms with van der Waals surface area (Å²) in [6, 6.07) is 36.4. The fraction of sp³-hybridized carbons (Fsp3) is 0. The van der Waals surface area contributed by atoms with Gasteiger partial charge in [0.25, 0.3) is 0 Å². The Morgan fingerprint density at radius 2 is 0.913 bits per heavy atom. The summed E-state index contributed by atoms with van der Waals surface area (Å²) in [4.78, 5) is 0. The van der Waals surface area contributed by atoms with Gasteiger partial charge in [0.2, 0.25) is 0 Å². The van der Waals surface area contributed by atoms with Crippen molar-refractivity contribution in [2.75, 3.05) is 0 Å². The van der Waals surface area contributed by atoms with Crippen molar-refractivity contribution in [2.45, 2.75) is 0 Å². The van der Waals surface area contributed by atoms with Crippen LogP contribution >= 0.6 is 0 Å². The van der Waals surface area contributed by atoms with Gasteiger partial charge < -0.3 is 0 Å². The summed E-state index contributed by atoms with van der Waals surface area (Å²) in [5.41, 5.74) is 3.74. The van der Waals surface area contributed by atoms with Gasteiger partial charge in [-0.2, -0.15) is 0 Å². The molecule has 0 aliphatic carbocycles. The van der Waals surface area contributed by atoms with Crippen LogP contribution < -0.4 is 0 Å². The van der Waals surface area contributed by atoms with Gasteiger partial charge in [-0.15, -0.1) is 0 Å². The molecule has 0 saturated heterocycles. The Labute approximate surface area is 137 Å². The summed E-state index contributed by atoms with van der Waals surface area (Å²) >= 11 is 0. The van der Waals surface area contributed by atoms with Crippen molar-refractivity contribution < 1.29 is 0 Å². The molecular weight excluding hydrogens is 276 g/mol. The maximum absolute atomic E-state index is 2.28. The number of rotatable bonds is 3. The summed E-state index contributed by atoms with van der Waals surface area (Å²) < 4.78 is 0. The van der Waals surface area contributed by atoms with Gasteiger partial charge in [0, 0.05) is 0 Å². The lowest BCUT2D eigenvalue weighted by Crippen LogP contribution is -2.04. The zero-order chi connectivity index (χ0) is 15.5. The Morgan fingerprint density at radius 1 is 0.391 bits per heavy atom. The minimum absolute atomic E-state index is 1.24. The smallest absolute Gasteiger partial charge is 0.0622 e. The van der Waals surface area contributed by atoms with Gasteiger partial charge in [-0.1, -0.05) is 97.1 Å². The molecule has 109 valence electrons. The molecule has 0 N–H and O–H groups in total. The normalized spacial score (nSPS) is 11.0. The van der Waals surface area contributed by atoms with Gasteiger partial charge in [0.05, 0.1) is 5.92 Å². The highest BCUT2D eigenvalue weighted by molar-refractivity contribution is 5.84. The molecule has 0 spiro atoms. The van der Waals surface area contributed by atoms with E-state index in [4.69, 9.17) is 0 Å². The molecule has 0 heteroatoms. The van der Waals surface area contributed by atoms with Crippen LogP contribution in [-0.2, 0) is 0 Å². The number of hydrogen-bond acceptors (Lipinski definition) is 0. The van der Waals surface area contributed by atoms with E-state index in [0.717, 1.165) is 0 Å². The number of hydrogen-bond donors (Lipinski definition) is 0. The second-order valence-corrected chi connectivity index (χ2v) is 5.67. The molecule has 1 radical (unpaired) electrons. The van der Waals surface area contributed by atoms with E-state index in [1.807, 2.05) is 0 Å². The molecule has 0 aromatic heterocycles. The molecule has 4 aromatic rings. The standard InChI is InChI=1S/C23H17/c1-3-10-19(11-4-1)23(20-12-5-2-6-13-20)22-16-15-18-9-7-8-14-21(18)17-22/h1-17H. The highest BCUT2D eigenvalue weighted by atomic mass is 14.2. The van der Waals surface area contributed by atoms with Crippen LogP contribution in [0.25, 0.3) is 10.8 Å². The Kier molecular flexibility index (Phi) is 3.65. The average Bonchev–Trinajstić information content (AvgIpc) is 2.64. The van der Waals surface area contributed by atoms with Gasteiger partial charge in [-0.3, -0.25) is 0 Å². The first-order valence-corrected chi connectivity index (χ1v) is 7.89. The molecule has 4 aromatic carbocycles. The molecule has 0 unspecified atom stereocenters. The minimum atomic E-state index is 1.24. The fourth-order valence-corrected chi connectivity index (χ4v) is 3.05. The van der Waals surface area contributed by atoms with Crippen LogP contribution in [0.15, 0.2) is 103 Å². The van der Waals surface area contributed by atoms with E-state index in [0.29, 0.717) is 0 Å². The Hall–Kier alpha value is -2.86. The molecule has 0 heterocycles. The molecule has 0 aliphatic rings. The summed E-state index contributed by atoms with van der Waals surface area (Å²) in [6.07, 6.45) is 0. The second kappa shape index (κ2) is 6.10. The first-order valence-electron chi connectivity index (χ1n) is 7.89. The van der Waals surface area contributed by atoms with Gasteiger partial charge in [0.15, 0.2) is 0 Å². The molecule has 0 amide bonds. The number of fused-ring (bicyclic) bond motifs is 1. The largest absolute Gasteiger partial charge is 0.0629 e. The second-order valence-electron chi connectivity index (χ2n) is 5.67. The maximum Gasteiger partial charge on any atom is 0.0629 e. The third kappa shape index (κ3) is 2.76. The van der Waals surface area contributed by atoms with Crippen molar-refractivity contribution in [3.05, 3.63) is 126 Å². The lowest BCUT2D eigenvalue weighted by atomic mass is 9.84. The monoisotopic (exact) mass is 293 g/mol. The van der Waals surface area contributed by atoms with E-state index in [9.17, 15) is 0 Å². The zero-order valence-corrected chi connectivity index (χ0v) is 12.8. The van der Waals surface area contributed by atoms with Crippen molar-refractivity contribution in [2.24, 2.45) is 0 Å². The lowest BCUT2D eigenvalue weighted by molar-refractivity contribution is 1.23. The average molecular weight is 293 g/mol. The molecule has 23 heavy (non-hydrogen) atoms. The predicted molar refractivity (Wildman–Crippen MR) is 97.4 cm³/mol. The van der Waals surface area contributed by atoms with Gasteiger partial charge in [-0.05, 0) is 33.5 Å². The Bertz CT molecular complexity index is 868. The van der Waals surface area contributed by atoms with E-state index in [1.165, 1.54) is 33.4 Å². The molecule has 0 aliphatic heterocycles. The lowest BCUT2D eigenvalue weighted by Gasteiger charge is -2.18. The summed E-state index contributed by atoms with van der Waals surface area (Å²) in [5, 5.41) is 2.55. The zero-order valence-electron chi connectivity index (χ0n) is 12.8. The molecule has 0 fully saturated rings. The molecule has 4 rings (SSSR count). The quantitative estimate of drug-likeness (QED) is 0.415. The van der Waals surface area contributed by atoms with Crippen molar-refractivity contribution in [1.82, 2.24) is 0 Å². The van der Waals surface area contributed by atoms with E-state index in [-0.39, 0.29) is 0 Å². The van der Waals surface area contributed by atoms with E-state index in [1.54, 1.807) is 0 Å². The third-order valence-corrected chi connectivity index (χ3v) is 4.16. The molecule has 0 atom stereocenters. The first kappa shape index (κ1) is 13.8. The van der Waals surface area contributed by atoms with Gasteiger partial charge in [-0.25, -0.2) is 0 Å². The third-order valence-electron chi connectivity index (χ3n) is 4.16. The SMILES string of the molecule is c1ccc([C](c2ccccc2)c2ccc3ccccc3c2)cc1. The van der Waals surface area contributed by atoms with E-state index < -0.39 is 0 Å². The van der Waals surface area contributed by atoms with Crippen molar-refractivity contribution in [3.63, 3.8) is 0 Å². The van der Waals surface area contributed by atoms with Crippen molar-refractivity contribution in [3.8, 4) is 0 Å². The molecular formula is C23H17. The van der Waals surface area contributed by atoms with E-state index >= 15 is 0 Å². The maximum atomic E-state index is 2.28. The Balaban J connectivity index is 1.90. The van der Waals surface area contributed by atoms with Crippen LogP contribution in [0.2, 0.25) is 0 Å². The van der Waals surface area contributed by atoms with Crippen LogP contribution in [-0.4, -0.2) is 0 Å². The Morgan fingerprint density at radius 3 is 1.52 bits per heavy atom. The minimum Gasteiger partial charge on any atom is -0.0622 e. The summed E-state index contributed by atoms with van der Waals surface area (Å²) in [7, 11) is 0. The predicted octanol–water partition coefficient (Wildman–Crippen LogP) is 5.86. The van der Waals surface area contributed by atoms with Crippen LogP contribution in [0.4, 0.5) is 0 Å². The van der Waals surface area contributed by atoms with Crippen LogP contribution in [0.1, 0.15) is 16.7 Å². The molecule has 0 bridgehead atoms. The highest BCUT2D eigenvalue weighted by Crippen LogP contribution is 2.32. The molecule has 0 saturated carbocycles. The van der Waals surface area contributed by atoms with E-state index in [2.05, 4.69) is 103 Å². The molecule has 0 nitrogen and oxygen atoms in total. The van der Waals surface area contributed by atoms with Crippen molar-refractivity contribution in [1.29, 1.82) is 0 Å². The fourth-order valence-electron chi connectivity index (χ4n) is 3.05. The number of benzene rings is 4. The first-order chi connectivity index (χ1) is 11.4. The topological polar surface area (TPSA) is 0 Å².